The van der Waals surface area contributed by atoms with Crippen LogP contribution < -0.4 is 10.6 Å². The summed E-state index contributed by atoms with van der Waals surface area (Å²) >= 11 is 7.10. The lowest BCUT2D eigenvalue weighted by atomic mass is 10.1. The molecule has 26 heavy (non-hydrogen) atoms. The number of thioether (sulfide) groups is 1. The van der Waals surface area contributed by atoms with E-state index < -0.39 is 5.25 Å². The molecule has 0 bridgehead atoms. The highest BCUT2D eigenvalue weighted by Crippen LogP contribution is 2.26. The van der Waals surface area contributed by atoms with E-state index in [1.807, 2.05) is 32.0 Å². The minimum Gasteiger partial charge on any atom is -0.326 e. The van der Waals surface area contributed by atoms with Crippen LogP contribution in [0.2, 0.25) is 5.02 Å². The fourth-order valence-electron chi connectivity index (χ4n) is 2.42. The Bertz CT molecular complexity index is 881. The Kier molecular flexibility index (Phi) is 5.64. The summed E-state index contributed by atoms with van der Waals surface area (Å²) in [5, 5.41) is 6.13. The molecule has 1 atom stereocenters. The zero-order valence-electron chi connectivity index (χ0n) is 14.4. The van der Waals surface area contributed by atoms with E-state index in [2.05, 4.69) is 15.6 Å². The van der Waals surface area contributed by atoms with Crippen LogP contribution in [0, 0.1) is 13.8 Å². The van der Waals surface area contributed by atoms with Crippen molar-refractivity contribution < 1.29 is 9.59 Å². The van der Waals surface area contributed by atoms with E-state index in [1.54, 1.807) is 24.3 Å². The van der Waals surface area contributed by atoms with Crippen LogP contribution in [0.4, 0.5) is 11.4 Å². The molecule has 0 radical (unpaired) electrons. The highest BCUT2D eigenvalue weighted by atomic mass is 35.5. The molecule has 0 aromatic heterocycles. The molecule has 1 aliphatic rings. The number of aryl methyl sites for hydroxylation is 2. The first-order chi connectivity index (χ1) is 12.4. The molecule has 5 nitrogen and oxygen atoms in total. The van der Waals surface area contributed by atoms with Crippen LogP contribution >= 0.6 is 23.4 Å². The van der Waals surface area contributed by atoms with Crippen molar-refractivity contribution in [1.82, 2.24) is 5.32 Å². The van der Waals surface area contributed by atoms with E-state index in [-0.39, 0.29) is 18.2 Å². The van der Waals surface area contributed by atoms with Gasteiger partial charge in [0.25, 0.3) is 0 Å². The van der Waals surface area contributed by atoms with E-state index in [9.17, 15) is 9.59 Å². The van der Waals surface area contributed by atoms with Crippen molar-refractivity contribution in [2.24, 2.45) is 4.99 Å². The summed E-state index contributed by atoms with van der Waals surface area (Å²) in [6.45, 7) is 4.05. The molecule has 0 saturated carbocycles. The van der Waals surface area contributed by atoms with E-state index in [0.717, 1.165) is 11.3 Å². The van der Waals surface area contributed by atoms with Gasteiger partial charge in [-0.05, 0) is 61.4 Å². The Morgan fingerprint density at radius 1 is 1.19 bits per heavy atom. The van der Waals surface area contributed by atoms with Gasteiger partial charge < -0.3 is 10.6 Å². The lowest BCUT2D eigenvalue weighted by molar-refractivity contribution is -0.122. The maximum atomic E-state index is 12.2. The van der Waals surface area contributed by atoms with E-state index in [4.69, 9.17) is 11.6 Å². The Morgan fingerprint density at radius 3 is 2.62 bits per heavy atom. The summed E-state index contributed by atoms with van der Waals surface area (Å²) in [5.74, 6) is -0.434. The highest BCUT2D eigenvalue weighted by molar-refractivity contribution is 8.15. The van der Waals surface area contributed by atoms with Crippen molar-refractivity contribution in [3.63, 3.8) is 0 Å². The van der Waals surface area contributed by atoms with Gasteiger partial charge in [-0.3, -0.25) is 9.59 Å². The zero-order chi connectivity index (χ0) is 18.7. The second kappa shape index (κ2) is 7.93. The third-order valence-corrected chi connectivity index (χ3v) is 5.33. The Labute approximate surface area is 161 Å². The second-order valence-corrected chi connectivity index (χ2v) is 7.67. The molecule has 1 aliphatic heterocycles. The summed E-state index contributed by atoms with van der Waals surface area (Å²) in [6, 6.07) is 12.7. The lowest BCUT2D eigenvalue weighted by Gasteiger charge is -2.07. The average Bonchev–Trinajstić information content (AvgIpc) is 2.92. The Hall–Kier alpha value is -2.31. The first-order valence-corrected chi connectivity index (χ1v) is 9.35. The third kappa shape index (κ3) is 4.65. The predicted molar refractivity (Wildman–Crippen MR) is 107 cm³/mol. The molecule has 2 amide bonds. The first kappa shape index (κ1) is 18.5. The van der Waals surface area contributed by atoms with Crippen LogP contribution in [0.25, 0.3) is 0 Å². The zero-order valence-corrected chi connectivity index (χ0v) is 15.9. The largest absolute Gasteiger partial charge is 0.326 e. The maximum absolute atomic E-state index is 12.2. The SMILES string of the molecule is Cc1ccc(N=C2NC(=O)[C@@H](CC(=O)Nc3ccc(Cl)cc3)S2)cc1C. The number of rotatable bonds is 4. The standard InChI is InChI=1S/C19H18ClN3O2S/c1-11-3-6-15(9-12(11)2)22-19-23-18(25)16(26-19)10-17(24)21-14-7-4-13(20)5-8-14/h3-9,16H,10H2,1-2H3,(H,21,24)(H,22,23,25)/t16-/m1/s1. The van der Waals surface area contributed by atoms with Gasteiger partial charge in [-0.25, -0.2) is 4.99 Å². The van der Waals surface area contributed by atoms with E-state index >= 15 is 0 Å². The average molecular weight is 388 g/mol. The molecule has 7 heteroatoms. The number of carbonyl (C=O) groups is 2. The van der Waals surface area contributed by atoms with Gasteiger partial charge in [0.05, 0.1) is 5.69 Å². The number of aliphatic imine (C=N–C) groups is 1. The molecule has 0 spiro atoms. The molecule has 2 aromatic rings. The number of amidine groups is 1. The van der Waals surface area contributed by atoms with Crippen LogP contribution in [0.15, 0.2) is 47.5 Å². The number of hydrogen-bond acceptors (Lipinski definition) is 4. The molecular formula is C19H18ClN3O2S. The van der Waals surface area contributed by atoms with Crippen molar-refractivity contribution in [2.75, 3.05) is 5.32 Å². The quantitative estimate of drug-likeness (QED) is 0.825. The van der Waals surface area contributed by atoms with Crippen LogP contribution in [-0.2, 0) is 9.59 Å². The number of nitrogens with zero attached hydrogens (tertiary/aromatic N) is 1. The number of halogens is 1. The smallest absolute Gasteiger partial charge is 0.240 e. The van der Waals surface area contributed by atoms with Crippen LogP contribution in [-0.4, -0.2) is 22.2 Å². The lowest BCUT2D eigenvalue weighted by Crippen LogP contribution is -2.28. The molecule has 1 saturated heterocycles. The summed E-state index contributed by atoms with van der Waals surface area (Å²) in [6.07, 6.45) is 0.0745. The number of anilines is 1. The van der Waals surface area contributed by atoms with Crippen molar-refractivity contribution in [1.29, 1.82) is 0 Å². The van der Waals surface area contributed by atoms with Gasteiger partial charge in [-0.15, -0.1) is 0 Å². The van der Waals surface area contributed by atoms with Gasteiger partial charge >= 0.3 is 0 Å². The molecular weight excluding hydrogens is 370 g/mol. The minimum atomic E-state index is -0.493. The topological polar surface area (TPSA) is 70.6 Å². The molecule has 0 unspecified atom stereocenters. The number of carbonyl (C=O) groups excluding carboxylic acids is 2. The summed E-state index contributed by atoms with van der Waals surface area (Å²) in [4.78, 5) is 28.8. The van der Waals surface area contributed by atoms with Gasteiger partial charge in [0.1, 0.15) is 5.25 Å². The number of hydrogen-bond donors (Lipinski definition) is 2. The maximum Gasteiger partial charge on any atom is 0.240 e. The number of amides is 2. The predicted octanol–water partition coefficient (Wildman–Crippen LogP) is 4.20. The van der Waals surface area contributed by atoms with Crippen molar-refractivity contribution in [3.8, 4) is 0 Å². The van der Waals surface area contributed by atoms with Gasteiger partial charge in [-0.1, -0.05) is 29.4 Å². The molecule has 0 aliphatic carbocycles. The summed E-state index contributed by atoms with van der Waals surface area (Å²) < 4.78 is 0. The summed E-state index contributed by atoms with van der Waals surface area (Å²) in [7, 11) is 0. The molecule has 1 heterocycles. The molecule has 134 valence electrons. The fraction of sp³-hybridized carbons (Fsp3) is 0.211. The number of nitrogens with one attached hydrogen (secondary N) is 2. The van der Waals surface area contributed by atoms with Gasteiger partial charge in [-0.2, -0.15) is 0 Å². The van der Waals surface area contributed by atoms with Crippen molar-refractivity contribution >= 4 is 51.7 Å². The molecule has 1 fully saturated rings. The van der Waals surface area contributed by atoms with E-state index in [1.165, 1.54) is 17.3 Å². The van der Waals surface area contributed by atoms with Crippen LogP contribution in [0.3, 0.4) is 0 Å². The van der Waals surface area contributed by atoms with E-state index in [0.29, 0.717) is 15.9 Å². The van der Waals surface area contributed by atoms with Crippen molar-refractivity contribution in [3.05, 3.63) is 58.6 Å². The minimum absolute atomic E-state index is 0.0745. The van der Waals surface area contributed by atoms with Gasteiger partial charge in [0.2, 0.25) is 11.8 Å². The van der Waals surface area contributed by atoms with Gasteiger partial charge in [0, 0.05) is 17.1 Å². The van der Waals surface area contributed by atoms with Crippen molar-refractivity contribution in [2.45, 2.75) is 25.5 Å². The fourth-order valence-corrected chi connectivity index (χ4v) is 3.53. The molecule has 3 rings (SSSR count). The Balaban J connectivity index is 1.62. The Morgan fingerprint density at radius 2 is 1.92 bits per heavy atom. The highest BCUT2D eigenvalue weighted by Gasteiger charge is 2.32. The monoisotopic (exact) mass is 387 g/mol. The summed E-state index contributed by atoms with van der Waals surface area (Å²) in [5.41, 5.74) is 3.75. The number of benzene rings is 2. The van der Waals surface area contributed by atoms with Gasteiger partial charge in [0.15, 0.2) is 5.17 Å². The van der Waals surface area contributed by atoms with Crippen LogP contribution in [0.5, 0.6) is 0 Å². The normalized spacial score (nSPS) is 18.0. The third-order valence-electron chi connectivity index (χ3n) is 4.00. The first-order valence-electron chi connectivity index (χ1n) is 8.09. The van der Waals surface area contributed by atoms with Crippen LogP contribution in [0.1, 0.15) is 17.5 Å². The second-order valence-electron chi connectivity index (χ2n) is 6.04. The molecule has 2 N–H and O–H groups in total. The molecule has 2 aromatic carbocycles.